The first-order valence-corrected chi connectivity index (χ1v) is 7.35. The Morgan fingerprint density at radius 1 is 1.04 bits per heavy atom. The van der Waals surface area contributed by atoms with E-state index in [1.807, 2.05) is 6.07 Å². The third-order valence-corrected chi connectivity index (χ3v) is 3.38. The molecule has 0 saturated carbocycles. The van der Waals surface area contributed by atoms with Gasteiger partial charge < -0.3 is 15.7 Å². The molecular weight excluding hydrogens is 316 g/mol. The zero-order chi connectivity index (χ0) is 17.0. The van der Waals surface area contributed by atoms with Crippen LogP contribution < -0.4 is 10.6 Å². The molecule has 120 valence electrons. The van der Waals surface area contributed by atoms with Crippen LogP contribution in [0.5, 0.6) is 0 Å². The molecule has 0 heterocycles. The molecule has 6 heteroatoms. The van der Waals surface area contributed by atoms with E-state index in [9.17, 15) is 14.7 Å². The van der Waals surface area contributed by atoms with Crippen LogP contribution >= 0.6 is 11.6 Å². The molecule has 2 amide bonds. The van der Waals surface area contributed by atoms with Crippen LogP contribution in [0.4, 0.5) is 11.4 Å². The highest BCUT2D eigenvalue weighted by Gasteiger charge is 2.24. The van der Waals surface area contributed by atoms with Gasteiger partial charge >= 0.3 is 0 Å². The minimum atomic E-state index is -1.51. The number of hydrogen-bond donors (Lipinski definition) is 3. The van der Waals surface area contributed by atoms with Gasteiger partial charge in [-0.05, 0) is 44.2 Å². The van der Waals surface area contributed by atoms with Crippen LogP contribution in [0, 0.1) is 0 Å². The Morgan fingerprint density at radius 2 is 1.70 bits per heavy atom. The van der Waals surface area contributed by atoms with Gasteiger partial charge in [-0.2, -0.15) is 0 Å². The zero-order valence-electron chi connectivity index (χ0n) is 12.8. The first-order chi connectivity index (χ1) is 10.8. The molecule has 0 unspecified atom stereocenters. The highest BCUT2D eigenvalue weighted by molar-refractivity contribution is 6.34. The molecule has 2 aromatic carbocycles. The van der Waals surface area contributed by atoms with E-state index >= 15 is 0 Å². The summed E-state index contributed by atoms with van der Waals surface area (Å²) in [6.07, 6.45) is 0. The number of rotatable bonds is 4. The van der Waals surface area contributed by atoms with Crippen molar-refractivity contribution in [3.63, 3.8) is 0 Å². The van der Waals surface area contributed by atoms with E-state index in [4.69, 9.17) is 11.6 Å². The lowest BCUT2D eigenvalue weighted by molar-refractivity contribution is -0.130. The number of hydrogen-bond acceptors (Lipinski definition) is 3. The van der Waals surface area contributed by atoms with Crippen molar-refractivity contribution in [2.75, 3.05) is 10.6 Å². The van der Waals surface area contributed by atoms with Crippen LogP contribution in [0.3, 0.4) is 0 Å². The Balaban J connectivity index is 2.10. The van der Waals surface area contributed by atoms with Crippen molar-refractivity contribution in [3.8, 4) is 0 Å². The Bertz CT molecular complexity index is 724. The summed E-state index contributed by atoms with van der Waals surface area (Å²) in [6.45, 7) is 2.76. The normalized spacial score (nSPS) is 11.0. The van der Waals surface area contributed by atoms with Crippen LogP contribution in [0.25, 0.3) is 0 Å². The van der Waals surface area contributed by atoms with Gasteiger partial charge in [0.15, 0.2) is 0 Å². The van der Waals surface area contributed by atoms with Crippen molar-refractivity contribution in [1.82, 2.24) is 0 Å². The molecule has 2 rings (SSSR count). The van der Waals surface area contributed by atoms with E-state index in [2.05, 4.69) is 10.6 Å². The smallest absolute Gasteiger partial charge is 0.255 e. The van der Waals surface area contributed by atoms with E-state index in [1.54, 1.807) is 36.4 Å². The molecular formula is C17H17ClN2O3. The second kappa shape index (κ2) is 6.81. The number of carbonyl (C=O) groups excluding carboxylic acids is 2. The molecule has 0 aromatic heterocycles. The zero-order valence-corrected chi connectivity index (χ0v) is 13.5. The summed E-state index contributed by atoms with van der Waals surface area (Å²) in [6, 6.07) is 13.5. The van der Waals surface area contributed by atoms with Gasteiger partial charge in [0.2, 0.25) is 0 Å². The van der Waals surface area contributed by atoms with Crippen LogP contribution in [0.15, 0.2) is 48.5 Å². The Morgan fingerprint density at radius 3 is 2.26 bits per heavy atom. The molecule has 5 nitrogen and oxygen atoms in total. The third kappa shape index (κ3) is 4.55. The number of nitrogens with one attached hydrogen (secondary N) is 2. The van der Waals surface area contributed by atoms with Gasteiger partial charge in [-0.25, -0.2) is 0 Å². The average molecular weight is 333 g/mol. The molecule has 0 bridgehead atoms. The SMILES string of the molecule is CC(C)(O)C(=O)Nc1ccc(NC(=O)c2ccccc2)cc1Cl. The van der Waals surface area contributed by atoms with Crippen molar-refractivity contribution in [2.24, 2.45) is 0 Å². The number of aliphatic hydroxyl groups is 1. The number of halogens is 1. The maximum atomic E-state index is 12.1. The van der Waals surface area contributed by atoms with E-state index in [1.165, 1.54) is 19.9 Å². The standard InChI is InChI=1S/C17H17ClN2O3/c1-17(2,23)16(22)20-14-9-8-12(10-13(14)18)19-15(21)11-6-4-3-5-7-11/h3-10,23H,1-2H3,(H,19,21)(H,20,22). The third-order valence-electron chi connectivity index (χ3n) is 3.07. The van der Waals surface area contributed by atoms with Crippen LogP contribution in [0.1, 0.15) is 24.2 Å². The predicted octanol–water partition coefficient (Wildman–Crippen LogP) is 3.30. The molecule has 0 aliphatic carbocycles. The molecule has 2 aromatic rings. The summed E-state index contributed by atoms with van der Waals surface area (Å²) in [7, 11) is 0. The molecule has 0 saturated heterocycles. The van der Waals surface area contributed by atoms with Crippen molar-refractivity contribution >= 4 is 34.8 Å². The van der Waals surface area contributed by atoms with E-state index < -0.39 is 11.5 Å². The van der Waals surface area contributed by atoms with Crippen molar-refractivity contribution < 1.29 is 14.7 Å². The lowest BCUT2D eigenvalue weighted by Gasteiger charge is -2.17. The van der Waals surface area contributed by atoms with Gasteiger partial charge in [0.1, 0.15) is 5.60 Å². The minimum Gasteiger partial charge on any atom is -0.381 e. The van der Waals surface area contributed by atoms with Crippen molar-refractivity contribution in [3.05, 3.63) is 59.1 Å². The van der Waals surface area contributed by atoms with Gasteiger partial charge in [-0.1, -0.05) is 29.8 Å². The van der Waals surface area contributed by atoms with E-state index in [-0.39, 0.29) is 10.9 Å². The fourth-order valence-electron chi connectivity index (χ4n) is 1.76. The fourth-order valence-corrected chi connectivity index (χ4v) is 1.99. The predicted molar refractivity (Wildman–Crippen MR) is 90.8 cm³/mol. The molecule has 0 spiro atoms. The summed E-state index contributed by atoms with van der Waals surface area (Å²) in [5, 5.41) is 15.1. The van der Waals surface area contributed by atoms with E-state index in [0.29, 0.717) is 16.9 Å². The lowest BCUT2D eigenvalue weighted by Crippen LogP contribution is -2.36. The van der Waals surface area contributed by atoms with Crippen molar-refractivity contribution in [2.45, 2.75) is 19.4 Å². The second-order valence-corrected chi connectivity index (χ2v) is 5.94. The second-order valence-electron chi connectivity index (χ2n) is 5.53. The first kappa shape index (κ1) is 17.0. The minimum absolute atomic E-state index is 0.255. The van der Waals surface area contributed by atoms with Crippen molar-refractivity contribution in [1.29, 1.82) is 0 Å². The molecule has 0 aliphatic heterocycles. The highest BCUT2D eigenvalue weighted by Crippen LogP contribution is 2.26. The summed E-state index contributed by atoms with van der Waals surface area (Å²) >= 11 is 6.11. The molecule has 0 radical (unpaired) electrons. The van der Waals surface area contributed by atoms with Gasteiger partial charge in [0.25, 0.3) is 11.8 Å². The number of amides is 2. The van der Waals surface area contributed by atoms with Gasteiger partial charge in [0, 0.05) is 11.3 Å². The fraction of sp³-hybridized carbons (Fsp3) is 0.176. The van der Waals surface area contributed by atoms with Crippen LogP contribution in [0.2, 0.25) is 5.02 Å². The van der Waals surface area contributed by atoms with Gasteiger partial charge in [0.05, 0.1) is 10.7 Å². The summed E-state index contributed by atoms with van der Waals surface area (Å²) in [4.78, 5) is 23.8. The molecule has 23 heavy (non-hydrogen) atoms. The van der Waals surface area contributed by atoms with Gasteiger partial charge in [-0.3, -0.25) is 9.59 Å². The average Bonchev–Trinajstić information content (AvgIpc) is 2.49. The molecule has 0 aliphatic rings. The maximum absolute atomic E-state index is 12.1. The molecule has 0 fully saturated rings. The molecule has 3 N–H and O–H groups in total. The number of carbonyl (C=O) groups is 2. The highest BCUT2D eigenvalue weighted by atomic mass is 35.5. The molecule has 0 atom stereocenters. The summed E-state index contributed by atoms with van der Waals surface area (Å²) in [5.74, 6) is -0.824. The Hall–Kier alpha value is -2.37. The van der Waals surface area contributed by atoms with Crippen LogP contribution in [-0.2, 0) is 4.79 Å². The largest absolute Gasteiger partial charge is 0.381 e. The lowest BCUT2D eigenvalue weighted by atomic mass is 10.1. The van der Waals surface area contributed by atoms with Crippen LogP contribution in [-0.4, -0.2) is 22.5 Å². The number of benzene rings is 2. The summed E-state index contributed by atoms with van der Waals surface area (Å²) in [5.41, 5.74) is -0.117. The Kier molecular flexibility index (Phi) is 5.03. The monoisotopic (exact) mass is 332 g/mol. The maximum Gasteiger partial charge on any atom is 0.255 e. The first-order valence-electron chi connectivity index (χ1n) is 6.97. The Labute approximate surface area is 139 Å². The summed E-state index contributed by atoms with van der Waals surface area (Å²) < 4.78 is 0. The quantitative estimate of drug-likeness (QED) is 0.803. The van der Waals surface area contributed by atoms with E-state index in [0.717, 1.165) is 0 Å². The topological polar surface area (TPSA) is 78.4 Å². The van der Waals surface area contributed by atoms with Gasteiger partial charge in [-0.15, -0.1) is 0 Å². The number of anilines is 2.